The van der Waals surface area contributed by atoms with E-state index in [9.17, 15) is 9.50 Å². The van der Waals surface area contributed by atoms with Crippen LogP contribution < -0.4 is 10.6 Å². The van der Waals surface area contributed by atoms with E-state index in [0.29, 0.717) is 18.5 Å². The maximum Gasteiger partial charge on any atom is 0.191 e. The van der Waals surface area contributed by atoms with E-state index >= 15 is 0 Å². The highest BCUT2D eigenvalue weighted by Crippen LogP contribution is 2.16. The molecular weight excluding hydrogens is 345 g/mol. The normalized spacial score (nSPS) is 16.3. The van der Waals surface area contributed by atoms with Crippen LogP contribution >= 0.6 is 0 Å². The number of rotatable bonds is 5. The first kappa shape index (κ1) is 19.1. The van der Waals surface area contributed by atoms with Crippen molar-refractivity contribution in [3.8, 4) is 5.75 Å². The second-order valence-electron chi connectivity index (χ2n) is 6.73. The molecule has 3 rings (SSSR count). The summed E-state index contributed by atoms with van der Waals surface area (Å²) < 4.78 is 13.4. The maximum absolute atomic E-state index is 13.4. The van der Waals surface area contributed by atoms with Crippen LogP contribution in [0.1, 0.15) is 24.1 Å². The smallest absolute Gasteiger partial charge is 0.191 e. The number of aromatic hydroxyl groups is 1. The van der Waals surface area contributed by atoms with Crippen LogP contribution in [0.4, 0.5) is 4.39 Å². The molecule has 1 fully saturated rings. The number of halogens is 1. The molecule has 0 spiro atoms. The molecule has 2 heterocycles. The van der Waals surface area contributed by atoms with Gasteiger partial charge in [-0.05, 0) is 42.7 Å². The van der Waals surface area contributed by atoms with Crippen molar-refractivity contribution in [2.75, 3.05) is 20.1 Å². The molecule has 1 aromatic heterocycles. The maximum atomic E-state index is 13.4. The molecule has 0 aliphatic carbocycles. The lowest BCUT2D eigenvalue weighted by Gasteiger charge is -2.32. The van der Waals surface area contributed by atoms with Gasteiger partial charge in [0.2, 0.25) is 0 Å². The van der Waals surface area contributed by atoms with E-state index in [1.54, 1.807) is 13.1 Å². The van der Waals surface area contributed by atoms with Gasteiger partial charge in [0.25, 0.3) is 0 Å². The number of pyridine rings is 1. The van der Waals surface area contributed by atoms with Crippen molar-refractivity contribution in [3.63, 3.8) is 0 Å². The predicted octanol–water partition coefficient (Wildman–Crippen LogP) is 2.26. The summed E-state index contributed by atoms with van der Waals surface area (Å²) in [5.41, 5.74) is 1.85. The Bertz CT molecular complexity index is 760. The van der Waals surface area contributed by atoms with Crippen molar-refractivity contribution in [2.24, 2.45) is 4.99 Å². The van der Waals surface area contributed by atoms with Crippen LogP contribution in [0.25, 0.3) is 0 Å². The summed E-state index contributed by atoms with van der Waals surface area (Å²) in [6.07, 6.45) is 3.89. The van der Waals surface area contributed by atoms with Crippen LogP contribution in [0.3, 0.4) is 0 Å². The number of guanidine groups is 1. The summed E-state index contributed by atoms with van der Waals surface area (Å²) in [6.45, 7) is 3.34. The lowest BCUT2D eigenvalue weighted by atomic mass is 10.0. The molecule has 3 N–H and O–H groups in total. The molecule has 27 heavy (non-hydrogen) atoms. The van der Waals surface area contributed by atoms with Gasteiger partial charge >= 0.3 is 0 Å². The number of aliphatic imine (C=N–C) groups is 1. The Morgan fingerprint density at radius 1 is 1.30 bits per heavy atom. The fraction of sp³-hybridized carbons (Fsp3) is 0.400. The average Bonchev–Trinajstić information content (AvgIpc) is 2.70. The van der Waals surface area contributed by atoms with Crippen molar-refractivity contribution >= 4 is 5.96 Å². The van der Waals surface area contributed by atoms with Crippen molar-refractivity contribution in [1.29, 1.82) is 0 Å². The number of aromatic nitrogens is 1. The summed E-state index contributed by atoms with van der Waals surface area (Å²) >= 11 is 0. The second kappa shape index (κ2) is 9.32. The third-order valence-electron chi connectivity index (χ3n) is 4.74. The van der Waals surface area contributed by atoms with Crippen molar-refractivity contribution in [3.05, 3.63) is 59.7 Å². The third-order valence-corrected chi connectivity index (χ3v) is 4.74. The van der Waals surface area contributed by atoms with Crippen LogP contribution in [0.2, 0.25) is 0 Å². The molecule has 0 unspecified atom stereocenters. The average molecular weight is 371 g/mol. The van der Waals surface area contributed by atoms with Crippen molar-refractivity contribution in [2.45, 2.75) is 32.0 Å². The molecule has 0 saturated carbocycles. The van der Waals surface area contributed by atoms with Gasteiger partial charge in [0, 0.05) is 45.5 Å². The van der Waals surface area contributed by atoms with Crippen LogP contribution in [0, 0.1) is 5.82 Å². The van der Waals surface area contributed by atoms with Gasteiger partial charge in [-0.25, -0.2) is 4.39 Å². The number of benzene rings is 1. The minimum absolute atomic E-state index is 0.335. The van der Waals surface area contributed by atoms with Crippen LogP contribution in [-0.4, -0.2) is 47.1 Å². The van der Waals surface area contributed by atoms with E-state index in [0.717, 1.165) is 43.7 Å². The lowest BCUT2D eigenvalue weighted by Crippen LogP contribution is -2.48. The Hall–Kier alpha value is -2.67. The number of phenolic OH excluding ortho intramolecular Hbond substituents is 1. The number of phenols is 1. The number of hydrogen-bond donors (Lipinski definition) is 3. The SMILES string of the molecule is CN=C(NCc1ccc(O)c(F)c1)NC1CCN(Cc2ccccn2)CC1. The highest BCUT2D eigenvalue weighted by Gasteiger charge is 2.20. The minimum atomic E-state index is -0.613. The Kier molecular flexibility index (Phi) is 6.59. The summed E-state index contributed by atoms with van der Waals surface area (Å²) in [4.78, 5) is 11.1. The van der Waals surface area contributed by atoms with Gasteiger partial charge in [-0.2, -0.15) is 0 Å². The standard InChI is InChI=1S/C20H26FN5O/c1-22-20(24-13-15-5-6-19(27)18(21)12-15)25-16-7-10-26(11-8-16)14-17-4-2-3-9-23-17/h2-6,9,12,16,27H,7-8,10-11,13-14H2,1H3,(H2,22,24,25). The van der Waals surface area contributed by atoms with Gasteiger partial charge in [0.1, 0.15) is 0 Å². The molecule has 7 heteroatoms. The zero-order valence-electron chi connectivity index (χ0n) is 15.5. The van der Waals surface area contributed by atoms with Crippen LogP contribution in [0.15, 0.2) is 47.6 Å². The van der Waals surface area contributed by atoms with E-state index < -0.39 is 5.82 Å². The number of nitrogens with one attached hydrogen (secondary N) is 2. The minimum Gasteiger partial charge on any atom is -0.505 e. The van der Waals surface area contributed by atoms with Gasteiger partial charge in [0.15, 0.2) is 17.5 Å². The lowest BCUT2D eigenvalue weighted by molar-refractivity contribution is 0.196. The molecule has 1 aliphatic rings. The molecular formula is C20H26FN5O. The van der Waals surface area contributed by atoms with Gasteiger partial charge in [0.05, 0.1) is 5.69 Å². The molecule has 0 amide bonds. The van der Waals surface area contributed by atoms with E-state index in [-0.39, 0.29) is 5.75 Å². The topological polar surface area (TPSA) is 72.8 Å². The van der Waals surface area contributed by atoms with E-state index in [1.807, 2.05) is 18.3 Å². The first-order valence-electron chi connectivity index (χ1n) is 9.21. The highest BCUT2D eigenvalue weighted by molar-refractivity contribution is 5.79. The molecule has 0 atom stereocenters. The van der Waals surface area contributed by atoms with E-state index in [4.69, 9.17) is 0 Å². The number of nitrogens with zero attached hydrogens (tertiary/aromatic N) is 3. The molecule has 144 valence electrons. The number of likely N-dealkylation sites (tertiary alicyclic amines) is 1. The van der Waals surface area contributed by atoms with Crippen LogP contribution in [-0.2, 0) is 13.1 Å². The van der Waals surface area contributed by atoms with Gasteiger partial charge in [-0.3, -0.25) is 14.9 Å². The van der Waals surface area contributed by atoms with Crippen molar-refractivity contribution in [1.82, 2.24) is 20.5 Å². The Morgan fingerprint density at radius 3 is 2.78 bits per heavy atom. The summed E-state index contributed by atoms with van der Waals surface area (Å²) in [6, 6.07) is 10.7. The monoisotopic (exact) mass is 371 g/mol. The molecule has 1 aromatic carbocycles. The van der Waals surface area contributed by atoms with E-state index in [2.05, 4.69) is 31.6 Å². The second-order valence-corrected chi connectivity index (χ2v) is 6.73. The molecule has 6 nitrogen and oxygen atoms in total. The van der Waals surface area contributed by atoms with Crippen LogP contribution in [0.5, 0.6) is 5.75 Å². The zero-order valence-corrected chi connectivity index (χ0v) is 15.5. The fourth-order valence-electron chi connectivity index (χ4n) is 3.19. The number of hydrogen-bond acceptors (Lipinski definition) is 4. The molecule has 0 radical (unpaired) electrons. The quantitative estimate of drug-likeness (QED) is 0.555. The molecule has 2 aromatic rings. The Labute approximate surface area is 159 Å². The molecule has 1 saturated heterocycles. The number of piperidine rings is 1. The first-order chi connectivity index (χ1) is 13.1. The molecule has 1 aliphatic heterocycles. The van der Waals surface area contributed by atoms with Gasteiger partial charge in [-0.15, -0.1) is 0 Å². The first-order valence-corrected chi connectivity index (χ1v) is 9.21. The van der Waals surface area contributed by atoms with E-state index in [1.165, 1.54) is 12.1 Å². The Balaban J connectivity index is 1.43. The zero-order chi connectivity index (χ0) is 19.1. The van der Waals surface area contributed by atoms with Crippen molar-refractivity contribution < 1.29 is 9.50 Å². The molecule has 0 bridgehead atoms. The fourth-order valence-corrected chi connectivity index (χ4v) is 3.19. The predicted molar refractivity (Wildman–Crippen MR) is 104 cm³/mol. The Morgan fingerprint density at radius 2 is 2.11 bits per heavy atom. The van der Waals surface area contributed by atoms with Gasteiger partial charge in [-0.1, -0.05) is 12.1 Å². The summed E-state index contributed by atoms with van der Waals surface area (Å²) in [5, 5.41) is 15.9. The largest absolute Gasteiger partial charge is 0.505 e. The third kappa shape index (κ3) is 5.65. The van der Waals surface area contributed by atoms with Gasteiger partial charge < -0.3 is 15.7 Å². The highest BCUT2D eigenvalue weighted by atomic mass is 19.1. The summed E-state index contributed by atoms with van der Waals surface area (Å²) in [5.74, 6) is -0.247. The summed E-state index contributed by atoms with van der Waals surface area (Å²) in [7, 11) is 1.73.